The number of aryl methyl sites for hydroxylation is 1. The summed E-state index contributed by atoms with van der Waals surface area (Å²) in [5.41, 5.74) is 2.27. The Bertz CT molecular complexity index is 839. The standard InChI is InChI=1S/C20H22N2O3/c1-14-17(21-20(25-14)19-9-5-11-24-19)13-22-10-4-8-18(22)15-6-3-7-16(12-15)23-2/h3,5-7,9,11-12,18H,4,8,10,13H2,1-2H3. The highest BCUT2D eigenvalue weighted by Crippen LogP contribution is 2.35. The van der Waals surface area contributed by atoms with Crippen LogP contribution in [-0.4, -0.2) is 23.5 Å². The molecule has 0 radical (unpaired) electrons. The van der Waals surface area contributed by atoms with Gasteiger partial charge in [0.25, 0.3) is 5.89 Å². The minimum Gasteiger partial charge on any atom is -0.497 e. The third-order valence-corrected chi connectivity index (χ3v) is 4.82. The van der Waals surface area contributed by atoms with Crippen LogP contribution in [0.5, 0.6) is 5.75 Å². The van der Waals surface area contributed by atoms with Crippen LogP contribution in [0.25, 0.3) is 11.7 Å². The summed E-state index contributed by atoms with van der Waals surface area (Å²) in [6.45, 7) is 3.80. The van der Waals surface area contributed by atoms with Crippen molar-refractivity contribution in [2.24, 2.45) is 0 Å². The van der Waals surface area contributed by atoms with Gasteiger partial charge in [-0.1, -0.05) is 12.1 Å². The summed E-state index contributed by atoms with van der Waals surface area (Å²) in [7, 11) is 1.71. The highest BCUT2D eigenvalue weighted by Gasteiger charge is 2.28. The molecule has 4 rings (SSSR count). The zero-order valence-corrected chi connectivity index (χ0v) is 14.6. The molecule has 2 aromatic heterocycles. The normalized spacial score (nSPS) is 17.9. The van der Waals surface area contributed by atoms with E-state index in [4.69, 9.17) is 13.6 Å². The minimum atomic E-state index is 0.387. The van der Waals surface area contributed by atoms with Crippen molar-refractivity contribution in [3.8, 4) is 17.4 Å². The third-order valence-electron chi connectivity index (χ3n) is 4.82. The zero-order valence-electron chi connectivity index (χ0n) is 14.6. The molecular weight excluding hydrogens is 316 g/mol. The topological polar surface area (TPSA) is 51.6 Å². The first-order chi connectivity index (χ1) is 12.2. The predicted molar refractivity (Wildman–Crippen MR) is 94.3 cm³/mol. The molecule has 0 spiro atoms. The number of hydrogen-bond acceptors (Lipinski definition) is 5. The molecule has 1 aliphatic rings. The fourth-order valence-electron chi connectivity index (χ4n) is 3.51. The number of furan rings is 1. The smallest absolute Gasteiger partial charge is 0.263 e. The number of rotatable bonds is 5. The van der Waals surface area contributed by atoms with Crippen LogP contribution in [0, 0.1) is 6.92 Å². The first kappa shape index (κ1) is 16.0. The van der Waals surface area contributed by atoms with E-state index in [1.54, 1.807) is 13.4 Å². The van der Waals surface area contributed by atoms with Gasteiger partial charge in [-0.25, -0.2) is 4.98 Å². The lowest BCUT2D eigenvalue weighted by Gasteiger charge is -2.24. The molecule has 5 heteroatoms. The Balaban J connectivity index is 1.55. The molecule has 0 aliphatic carbocycles. The van der Waals surface area contributed by atoms with Gasteiger partial charge in [-0.3, -0.25) is 4.90 Å². The second-order valence-electron chi connectivity index (χ2n) is 6.40. The Morgan fingerprint density at radius 2 is 2.20 bits per heavy atom. The van der Waals surface area contributed by atoms with E-state index in [0.717, 1.165) is 36.7 Å². The molecule has 5 nitrogen and oxygen atoms in total. The Morgan fingerprint density at radius 3 is 3.00 bits per heavy atom. The molecule has 130 valence electrons. The monoisotopic (exact) mass is 338 g/mol. The zero-order chi connectivity index (χ0) is 17.2. The van der Waals surface area contributed by atoms with E-state index in [0.29, 0.717) is 17.7 Å². The summed E-state index contributed by atoms with van der Waals surface area (Å²) < 4.78 is 16.6. The van der Waals surface area contributed by atoms with Gasteiger partial charge in [0.1, 0.15) is 11.5 Å². The van der Waals surface area contributed by atoms with E-state index >= 15 is 0 Å². The highest BCUT2D eigenvalue weighted by molar-refractivity contribution is 5.44. The Kier molecular flexibility index (Phi) is 4.32. The lowest BCUT2D eigenvalue weighted by molar-refractivity contribution is 0.244. The fraction of sp³-hybridized carbons (Fsp3) is 0.350. The summed E-state index contributed by atoms with van der Waals surface area (Å²) >= 11 is 0. The summed E-state index contributed by atoms with van der Waals surface area (Å²) in [5, 5.41) is 0. The molecule has 0 amide bonds. The predicted octanol–water partition coefficient (Wildman–Crippen LogP) is 4.59. The quantitative estimate of drug-likeness (QED) is 0.681. The largest absolute Gasteiger partial charge is 0.497 e. The molecule has 0 bridgehead atoms. The Morgan fingerprint density at radius 1 is 1.28 bits per heavy atom. The second-order valence-corrected chi connectivity index (χ2v) is 6.40. The van der Waals surface area contributed by atoms with Crippen molar-refractivity contribution in [2.75, 3.05) is 13.7 Å². The van der Waals surface area contributed by atoms with Crippen molar-refractivity contribution >= 4 is 0 Å². The molecule has 1 fully saturated rings. The maximum absolute atomic E-state index is 5.80. The number of likely N-dealkylation sites (tertiary alicyclic amines) is 1. The van der Waals surface area contributed by atoms with Crippen molar-refractivity contribution in [2.45, 2.75) is 32.4 Å². The average molecular weight is 338 g/mol. The van der Waals surface area contributed by atoms with Gasteiger partial charge in [0.2, 0.25) is 0 Å². The summed E-state index contributed by atoms with van der Waals surface area (Å²) in [6, 6.07) is 12.4. The molecule has 0 N–H and O–H groups in total. The molecule has 1 saturated heterocycles. The van der Waals surface area contributed by atoms with Crippen molar-refractivity contribution in [3.05, 3.63) is 59.7 Å². The van der Waals surface area contributed by atoms with Crippen LogP contribution >= 0.6 is 0 Å². The summed E-state index contributed by atoms with van der Waals surface area (Å²) in [6.07, 6.45) is 3.97. The number of oxazole rings is 1. The minimum absolute atomic E-state index is 0.387. The number of hydrogen-bond donors (Lipinski definition) is 0. The van der Waals surface area contributed by atoms with Gasteiger partial charge in [0.15, 0.2) is 5.76 Å². The number of methoxy groups -OCH3 is 1. The van der Waals surface area contributed by atoms with Crippen LogP contribution in [0.3, 0.4) is 0 Å². The fourth-order valence-corrected chi connectivity index (χ4v) is 3.51. The number of nitrogens with zero attached hydrogens (tertiary/aromatic N) is 2. The Hall–Kier alpha value is -2.53. The van der Waals surface area contributed by atoms with E-state index in [9.17, 15) is 0 Å². The number of aromatic nitrogens is 1. The van der Waals surface area contributed by atoms with E-state index in [2.05, 4.69) is 28.1 Å². The van der Waals surface area contributed by atoms with Gasteiger partial charge in [-0.15, -0.1) is 0 Å². The van der Waals surface area contributed by atoms with Crippen molar-refractivity contribution in [1.82, 2.24) is 9.88 Å². The number of benzene rings is 1. The van der Waals surface area contributed by atoms with Gasteiger partial charge < -0.3 is 13.6 Å². The van der Waals surface area contributed by atoms with E-state index < -0.39 is 0 Å². The number of ether oxygens (including phenoxy) is 1. The summed E-state index contributed by atoms with van der Waals surface area (Å²) in [5.74, 6) is 2.97. The van der Waals surface area contributed by atoms with Gasteiger partial charge in [0.05, 0.1) is 19.1 Å². The summed E-state index contributed by atoms with van der Waals surface area (Å²) in [4.78, 5) is 7.11. The van der Waals surface area contributed by atoms with Crippen molar-refractivity contribution < 1.29 is 13.6 Å². The van der Waals surface area contributed by atoms with Crippen LogP contribution in [-0.2, 0) is 6.54 Å². The molecule has 25 heavy (non-hydrogen) atoms. The van der Waals surface area contributed by atoms with Crippen LogP contribution < -0.4 is 4.74 Å². The molecule has 1 aromatic carbocycles. The van der Waals surface area contributed by atoms with E-state index in [-0.39, 0.29) is 0 Å². The van der Waals surface area contributed by atoms with Crippen molar-refractivity contribution in [3.63, 3.8) is 0 Å². The van der Waals surface area contributed by atoms with E-state index in [1.807, 2.05) is 25.1 Å². The molecular formula is C20H22N2O3. The van der Waals surface area contributed by atoms with Crippen molar-refractivity contribution in [1.29, 1.82) is 0 Å². The molecule has 1 aliphatic heterocycles. The molecule has 3 heterocycles. The SMILES string of the molecule is COc1cccc(C2CCCN2Cc2nc(-c3ccco3)oc2C)c1. The lowest BCUT2D eigenvalue weighted by atomic mass is 10.0. The average Bonchev–Trinajstić information content (AvgIpc) is 3.37. The maximum atomic E-state index is 5.80. The van der Waals surface area contributed by atoms with Gasteiger partial charge in [-0.05, 0) is 56.1 Å². The van der Waals surface area contributed by atoms with Gasteiger partial charge in [0, 0.05) is 12.6 Å². The first-order valence-corrected chi connectivity index (χ1v) is 8.63. The van der Waals surface area contributed by atoms with Crippen LogP contribution in [0.2, 0.25) is 0 Å². The van der Waals surface area contributed by atoms with E-state index in [1.165, 1.54) is 12.0 Å². The molecule has 1 unspecified atom stereocenters. The van der Waals surface area contributed by atoms with Crippen LogP contribution in [0.15, 0.2) is 51.5 Å². The second kappa shape index (κ2) is 6.76. The molecule has 0 saturated carbocycles. The molecule has 1 atom stereocenters. The van der Waals surface area contributed by atoms with Gasteiger partial charge in [-0.2, -0.15) is 0 Å². The maximum Gasteiger partial charge on any atom is 0.263 e. The highest BCUT2D eigenvalue weighted by atomic mass is 16.5. The van der Waals surface area contributed by atoms with Crippen LogP contribution in [0.4, 0.5) is 0 Å². The Labute approximate surface area is 147 Å². The van der Waals surface area contributed by atoms with Crippen LogP contribution in [0.1, 0.15) is 35.9 Å². The first-order valence-electron chi connectivity index (χ1n) is 8.63. The lowest BCUT2D eigenvalue weighted by Crippen LogP contribution is -2.23. The third kappa shape index (κ3) is 3.20. The molecule has 3 aromatic rings. The van der Waals surface area contributed by atoms with Gasteiger partial charge >= 0.3 is 0 Å².